The average molecular weight is 327 g/mol. The predicted octanol–water partition coefficient (Wildman–Crippen LogP) is 0.748. The minimum atomic E-state index is -3.41. The molecule has 3 fully saturated rings. The molecule has 3 rings (SSSR count). The third-order valence-electron chi connectivity index (χ3n) is 5.36. The highest BCUT2D eigenvalue weighted by Gasteiger charge is 2.38. The molecule has 1 saturated heterocycles. The maximum atomic E-state index is 12.1. The van der Waals surface area contributed by atoms with E-state index in [1.165, 1.54) is 12.8 Å². The molecule has 0 radical (unpaired) electrons. The van der Waals surface area contributed by atoms with Crippen molar-refractivity contribution >= 4 is 15.9 Å². The van der Waals surface area contributed by atoms with Crippen molar-refractivity contribution in [1.29, 1.82) is 0 Å². The standard InChI is InChI=1S/C15H25N3O3S/c16-22(20,21)11-7-5-10(6-8-11)17-9-13-12-3-1-2-4-14(12)18-15(13)19/h9-12,14,17H,1-8H2,(H,18,19)(H2,16,20,21)/b13-9-. The monoisotopic (exact) mass is 327 g/mol. The predicted molar refractivity (Wildman–Crippen MR) is 84.3 cm³/mol. The van der Waals surface area contributed by atoms with Gasteiger partial charge in [-0.05, 0) is 38.5 Å². The van der Waals surface area contributed by atoms with Gasteiger partial charge in [0, 0.05) is 29.8 Å². The summed E-state index contributed by atoms with van der Waals surface area (Å²) in [6, 6.07) is 0.549. The second-order valence-corrected chi connectivity index (χ2v) is 8.64. The molecule has 1 aliphatic heterocycles. The van der Waals surface area contributed by atoms with E-state index in [9.17, 15) is 13.2 Å². The van der Waals surface area contributed by atoms with Crippen molar-refractivity contribution in [3.05, 3.63) is 11.8 Å². The van der Waals surface area contributed by atoms with Gasteiger partial charge in [0.15, 0.2) is 0 Å². The lowest BCUT2D eigenvalue weighted by Crippen LogP contribution is -2.37. The maximum absolute atomic E-state index is 12.1. The molecular weight excluding hydrogens is 302 g/mol. The number of primary sulfonamides is 1. The number of carbonyl (C=O) groups excluding carboxylic acids is 1. The lowest BCUT2D eigenvalue weighted by Gasteiger charge is -2.28. The smallest absolute Gasteiger partial charge is 0.249 e. The van der Waals surface area contributed by atoms with E-state index < -0.39 is 15.3 Å². The molecule has 3 aliphatic rings. The molecule has 6 nitrogen and oxygen atoms in total. The molecule has 0 aromatic carbocycles. The normalized spacial score (nSPS) is 37.7. The Morgan fingerprint density at radius 2 is 1.77 bits per heavy atom. The van der Waals surface area contributed by atoms with Crippen LogP contribution in [0, 0.1) is 5.92 Å². The quantitative estimate of drug-likeness (QED) is 0.666. The minimum absolute atomic E-state index is 0.0580. The van der Waals surface area contributed by atoms with Gasteiger partial charge in [-0.15, -0.1) is 0 Å². The zero-order valence-electron chi connectivity index (χ0n) is 12.8. The van der Waals surface area contributed by atoms with E-state index in [1.54, 1.807) is 0 Å². The Labute approximate surface area is 132 Å². The van der Waals surface area contributed by atoms with E-state index in [0.717, 1.165) is 31.3 Å². The molecule has 2 aliphatic carbocycles. The molecule has 2 saturated carbocycles. The van der Waals surface area contributed by atoms with Gasteiger partial charge in [0.2, 0.25) is 15.9 Å². The van der Waals surface area contributed by atoms with Crippen LogP contribution >= 0.6 is 0 Å². The summed E-state index contributed by atoms with van der Waals surface area (Å²) in [4.78, 5) is 12.1. The molecule has 4 N–H and O–H groups in total. The lowest BCUT2D eigenvalue weighted by atomic mass is 9.83. The van der Waals surface area contributed by atoms with Crippen molar-refractivity contribution in [2.45, 2.75) is 68.7 Å². The van der Waals surface area contributed by atoms with Crippen LogP contribution in [0.1, 0.15) is 51.4 Å². The number of nitrogens with two attached hydrogens (primary N) is 1. The van der Waals surface area contributed by atoms with Crippen molar-refractivity contribution in [2.75, 3.05) is 0 Å². The average Bonchev–Trinajstić information content (AvgIpc) is 2.80. The first-order valence-corrected chi connectivity index (χ1v) is 9.84. The first-order valence-electron chi connectivity index (χ1n) is 8.24. The SMILES string of the molecule is NS(=O)(=O)C1CCC(N/C=C2\C(=O)NC3CCCCC23)CC1. The highest BCUT2D eigenvalue weighted by Crippen LogP contribution is 2.34. The zero-order chi connectivity index (χ0) is 15.7. The van der Waals surface area contributed by atoms with Crippen LogP contribution < -0.4 is 15.8 Å². The molecule has 1 amide bonds. The number of sulfonamides is 1. The highest BCUT2D eigenvalue weighted by atomic mass is 32.2. The molecule has 0 aromatic rings. The summed E-state index contributed by atoms with van der Waals surface area (Å²) >= 11 is 0. The minimum Gasteiger partial charge on any atom is -0.388 e. The molecule has 2 unspecified atom stereocenters. The van der Waals surface area contributed by atoms with Crippen LogP contribution in [0.2, 0.25) is 0 Å². The van der Waals surface area contributed by atoms with Crippen molar-refractivity contribution in [2.24, 2.45) is 11.1 Å². The van der Waals surface area contributed by atoms with Gasteiger partial charge in [0.05, 0.1) is 5.25 Å². The summed E-state index contributed by atoms with van der Waals surface area (Å²) < 4.78 is 22.7. The van der Waals surface area contributed by atoms with Gasteiger partial charge >= 0.3 is 0 Å². The summed E-state index contributed by atoms with van der Waals surface area (Å²) in [6.45, 7) is 0. The molecule has 7 heteroatoms. The Hall–Kier alpha value is -1.08. The van der Waals surface area contributed by atoms with E-state index in [-0.39, 0.29) is 11.9 Å². The first-order chi connectivity index (χ1) is 10.4. The van der Waals surface area contributed by atoms with E-state index in [1.807, 2.05) is 6.20 Å². The maximum Gasteiger partial charge on any atom is 0.249 e. The Kier molecular flexibility index (Phi) is 4.45. The van der Waals surface area contributed by atoms with E-state index in [4.69, 9.17) is 5.14 Å². The van der Waals surface area contributed by atoms with Crippen molar-refractivity contribution in [1.82, 2.24) is 10.6 Å². The summed E-state index contributed by atoms with van der Waals surface area (Å²) in [5.74, 6) is 0.400. The second-order valence-electron chi connectivity index (χ2n) is 6.80. The first kappa shape index (κ1) is 15.8. The topological polar surface area (TPSA) is 101 Å². The van der Waals surface area contributed by atoms with Crippen LogP contribution in [0.5, 0.6) is 0 Å². The summed E-state index contributed by atoms with van der Waals surface area (Å²) in [7, 11) is -3.41. The van der Waals surface area contributed by atoms with Gasteiger partial charge < -0.3 is 10.6 Å². The molecule has 22 heavy (non-hydrogen) atoms. The van der Waals surface area contributed by atoms with E-state index in [2.05, 4.69) is 10.6 Å². The molecule has 0 bridgehead atoms. The Bertz CT molecular complexity index is 565. The largest absolute Gasteiger partial charge is 0.388 e. The second kappa shape index (κ2) is 6.20. The van der Waals surface area contributed by atoms with E-state index >= 15 is 0 Å². The molecular formula is C15H25N3O3S. The van der Waals surface area contributed by atoms with Crippen LogP contribution in [0.25, 0.3) is 0 Å². The summed E-state index contributed by atoms with van der Waals surface area (Å²) in [5, 5.41) is 11.2. The van der Waals surface area contributed by atoms with Crippen LogP contribution in [-0.4, -0.2) is 31.7 Å². The summed E-state index contributed by atoms with van der Waals surface area (Å²) in [5.41, 5.74) is 0.873. The molecule has 2 atom stereocenters. The Morgan fingerprint density at radius 1 is 1.09 bits per heavy atom. The fraction of sp³-hybridized carbons (Fsp3) is 0.800. The Morgan fingerprint density at radius 3 is 2.45 bits per heavy atom. The fourth-order valence-corrected chi connectivity index (χ4v) is 4.96. The molecule has 124 valence electrons. The summed E-state index contributed by atoms with van der Waals surface area (Å²) in [6.07, 6.45) is 9.17. The van der Waals surface area contributed by atoms with Gasteiger partial charge in [-0.25, -0.2) is 13.6 Å². The number of nitrogens with one attached hydrogen (secondary N) is 2. The number of amides is 1. The molecule has 0 aromatic heterocycles. The highest BCUT2D eigenvalue weighted by molar-refractivity contribution is 7.89. The van der Waals surface area contributed by atoms with Gasteiger partial charge in [-0.3, -0.25) is 4.79 Å². The van der Waals surface area contributed by atoms with Crippen LogP contribution in [0.3, 0.4) is 0 Å². The molecule has 1 heterocycles. The third-order valence-corrected chi connectivity index (χ3v) is 6.76. The van der Waals surface area contributed by atoms with Crippen molar-refractivity contribution in [3.8, 4) is 0 Å². The van der Waals surface area contributed by atoms with Crippen molar-refractivity contribution < 1.29 is 13.2 Å². The van der Waals surface area contributed by atoms with Crippen LogP contribution in [-0.2, 0) is 14.8 Å². The van der Waals surface area contributed by atoms with Gasteiger partial charge in [0.25, 0.3) is 0 Å². The van der Waals surface area contributed by atoms with Crippen molar-refractivity contribution in [3.63, 3.8) is 0 Å². The number of hydrogen-bond acceptors (Lipinski definition) is 4. The van der Waals surface area contributed by atoms with Crippen LogP contribution in [0.4, 0.5) is 0 Å². The fourth-order valence-electron chi connectivity index (χ4n) is 4.03. The van der Waals surface area contributed by atoms with Gasteiger partial charge in [-0.2, -0.15) is 0 Å². The third kappa shape index (κ3) is 3.30. The number of rotatable bonds is 3. The van der Waals surface area contributed by atoms with Crippen LogP contribution in [0.15, 0.2) is 11.8 Å². The Balaban J connectivity index is 1.57. The number of hydrogen-bond donors (Lipinski definition) is 3. The van der Waals surface area contributed by atoms with Gasteiger partial charge in [0.1, 0.15) is 0 Å². The zero-order valence-corrected chi connectivity index (χ0v) is 13.6. The van der Waals surface area contributed by atoms with Gasteiger partial charge in [-0.1, -0.05) is 12.8 Å². The number of fused-ring (bicyclic) bond motifs is 1. The number of carbonyl (C=O) groups is 1. The van der Waals surface area contributed by atoms with E-state index in [0.29, 0.717) is 24.8 Å². The molecule has 0 spiro atoms. The lowest BCUT2D eigenvalue weighted by molar-refractivity contribution is -0.116.